The van der Waals surface area contributed by atoms with Crippen LogP contribution >= 0.6 is 0 Å². The molecule has 2 rings (SSSR count). The second kappa shape index (κ2) is 7.05. The number of nitrogens with one attached hydrogen (secondary N) is 2. The highest BCUT2D eigenvalue weighted by Crippen LogP contribution is 2.13. The first-order chi connectivity index (χ1) is 9.65. The SMILES string of the molecule is NC(=O)Cc1ccc(NC(=O)C2CCCCCN2)cc1. The van der Waals surface area contributed by atoms with E-state index in [1.165, 1.54) is 6.42 Å². The van der Waals surface area contributed by atoms with Gasteiger partial charge in [-0.1, -0.05) is 25.0 Å². The van der Waals surface area contributed by atoms with Gasteiger partial charge in [0, 0.05) is 5.69 Å². The third-order valence-electron chi connectivity index (χ3n) is 3.48. The fraction of sp³-hybridized carbons (Fsp3) is 0.467. The number of hydrogen-bond donors (Lipinski definition) is 3. The van der Waals surface area contributed by atoms with Crippen molar-refractivity contribution in [1.82, 2.24) is 5.32 Å². The van der Waals surface area contributed by atoms with E-state index in [0.29, 0.717) is 0 Å². The van der Waals surface area contributed by atoms with Crippen LogP contribution in [0, 0.1) is 0 Å². The summed E-state index contributed by atoms with van der Waals surface area (Å²) in [5.74, 6) is -0.348. The predicted molar refractivity (Wildman–Crippen MR) is 78.2 cm³/mol. The quantitative estimate of drug-likeness (QED) is 0.771. The van der Waals surface area contributed by atoms with E-state index in [-0.39, 0.29) is 24.3 Å². The molecule has 1 atom stereocenters. The summed E-state index contributed by atoms with van der Waals surface area (Å²) in [7, 11) is 0. The van der Waals surface area contributed by atoms with Gasteiger partial charge in [0.15, 0.2) is 0 Å². The molecule has 0 spiro atoms. The van der Waals surface area contributed by atoms with E-state index in [9.17, 15) is 9.59 Å². The molecule has 1 aliphatic heterocycles. The van der Waals surface area contributed by atoms with Crippen molar-refractivity contribution in [1.29, 1.82) is 0 Å². The van der Waals surface area contributed by atoms with Crippen molar-refractivity contribution in [2.75, 3.05) is 11.9 Å². The summed E-state index contributed by atoms with van der Waals surface area (Å²) in [5, 5.41) is 6.17. The number of anilines is 1. The van der Waals surface area contributed by atoms with Gasteiger partial charge < -0.3 is 16.4 Å². The number of benzene rings is 1. The highest BCUT2D eigenvalue weighted by Gasteiger charge is 2.19. The van der Waals surface area contributed by atoms with Crippen LogP contribution in [0.25, 0.3) is 0 Å². The van der Waals surface area contributed by atoms with Gasteiger partial charge in [-0.05, 0) is 37.1 Å². The maximum Gasteiger partial charge on any atom is 0.241 e. The normalized spacial score (nSPS) is 19.1. The Balaban J connectivity index is 1.91. The Morgan fingerprint density at radius 2 is 1.95 bits per heavy atom. The molecule has 20 heavy (non-hydrogen) atoms. The van der Waals surface area contributed by atoms with Gasteiger partial charge in [0.1, 0.15) is 0 Å². The Morgan fingerprint density at radius 3 is 2.65 bits per heavy atom. The van der Waals surface area contributed by atoms with Gasteiger partial charge in [-0.15, -0.1) is 0 Å². The first kappa shape index (κ1) is 14.5. The fourth-order valence-electron chi connectivity index (χ4n) is 2.39. The number of amides is 2. The van der Waals surface area contributed by atoms with Gasteiger partial charge in [-0.25, -0.2) is 0 Å². The Kier molecular flexibility index (Phi) is 5.12. The first-order valence-electron chi connectivity index (χ1n) is 7.06. The molecule has 108 valence electrons. The number of nitrogens with two attached hydrogens (primary N) is 1. The van der Waals surface area contributed by atoms with Crippen LogP contribution in [0.15, 0.2) is 24.3 Å². The van der Waals surface area contributed by atoms with Gasteiger partial charge in [0.25, 0.3) is 0 Å². The maximum absolute atomic E-state index is 12.1. The topological polar surface area (TPSA) is 84.2 Å². The molecule has 0 bridgehead atoms. The smallest absolute Gasteiger partial charge is 0.241 e. The van der Waals surface area contributed by atoms with Crippen molar-refractivity contribution >= 4 is 17.5 Å². The van der Waals surface area contributed by atoms with Crippen molar-refractivity contribution in [2.45, 2.75) is 38.1 Å². The summed E-state index contributed by atoms with van der Waals surface area (Å²) in [5.41, 5.74) is 6.73. The maximum atomic E-state index is 12.1. The van der Waals surface area contributed by atoms with Crippen molar-refractivity contribution in [3.8, 4) is 0 Å². The zero-order valence-electron chi connectivity index (χ0n) is 11.5. The first-order valence-corrected chi connectivity index (χ1v) is 7.06. The van der Waals surface area contributed by atoms with Crippen LogP contribution < -0.4 is 16.4 Å². The van der Waals surface area contributed by atoms with E-state index in [2.05, 4.69) is 10.6 Å². The second-order valence-electron chi connectivity index (χ2n) is 5.19. The van der Waals surface area contributed by atoms with E-state index >= 15 is 0 Å². The molecule has 5 heteroatoms. The lowest BCUT2D eigenvalue weighted by atomic mass is 10.1. The summed E-state index contributed by atoms with van der Waals surface area (Å²) in [6.45, 7) is 0.898. The number of rotatable bonds is 4. The zero-order valence-corrected chi connectivity index (χ0v) is 11.5. The average Bonchev–Trinajstić information content (AvgIpc) is 2.69. The number of hydrogen-bond acceptors (Lipinski definition) is 3. The van der Waals surface area contributed by atoms with E-state index in [1.807, 2.05) is 0 Å². The third-order valence-corrected chi connectivity index (χ3v) is 3.48. The lowest BCUT2D eigenvalue weighted by Gasteiger charge is -2.15. The number of carbonyl (C=O) groups excluding carboxylic acids is 2. The van der Waals surface area contributed by atoms with Crippen LogP contribution in [-0.4, -0.2) is 24.4 Å². The highest BCUT2D eigenvalue weighted by atomic mass is 16.2. The third kappa shape index (κ3) is 4.35. The van der Waals surface area contributed by atoms with Crippen LogP contribution in [0.5, 0.6) is 0 Å². The standard InChI is InChI=1S/C15H21N3O2/c16-14(19)10-11-5-7-12(8-6-11)18-15(20)13-4-2-1-3-9-17-13/h5-8,13,17H,1-4,9-10H2,(H2,16,19)(H,18,20). The van der Waals surface area contributed by atoms with Crippen molar-refractivity contribution in [2.24, 2.45) is 5.73 Å². The molecule has 0 aromatic heterocycles. The summed E-state index contributed by atoms with van der Waals surface area (Å²) < 4.78 is 0. The molecule has 1 fully saturated rings. The van der Waals surface area contributed by atoms with Crippen LogP contribution in [0.4, 0.5) is 5.69 Å². The van der Waals surface area contributed by atoms with Gasteiger partial charge in [0.05, 0.1) is 12.5 Å². The molecular formula is C15H21N3O2. The van der Waals surface area contributed by atoms with Crippen LogP contribution in [0.1, 0.15) is 31.2 Å². The summed E-state index contributed by atoms with van der Waals surface area (Å²) in [6, 6.07) is 7.10. The van der Waals surface area contributed by atoms with E-state index in [4.69, 9.17) is 5.73 Å². The Bertz CT molecular complexity index is 463. The molecule has 1 heterocycles. The molecule has 5 nitrogen and oxygen atoms in total. The zero-order chi connectivity index (χ0) is 14.4. The molecule has 4 N–H and O–H groups in total. The minimum atomic E-state index is -0.357. The molecule has 0 radical (unpaired) electrons. The molecular weight excluding hydrogens is 254 g/mol. The summed E-state index contributed by atoms with van der Waals surface area (Å²) >= 11 is 0. The lowest BCUT2D eigenvalue weighted by Crippen LogP contribution is -2.39. The Hall–Kier alpha value is -1.88. The predicted octanol–water partition coefficient (Wildman–Crippen LogP) is 1.19. The molecule has 1 aromatic rings. The minimum Gasteiger partial charge on any atom is -0.369 e. The number of primary amides is 1. The summed E-state index contributed by atoms with van der Waals surface area (Å²) in [4.78, 5) is 22.9. The van der Waals surface area contributed by atoms with E-state index < -0.39 is 0 Å². The van der Waals surface area contributed by atoms with Crippen molar-refractivity contribution in [3.63, 3.8) is 0 Å². The molecule has 0 saturated carbocycles. The molecule has 1 aliphatic rings. The van der Waals surface area contributed by atoms with Gasteiger partial charge in [-0.3, -0.25) is 9.59 Å². The van der Waals surface area contributed by atoms with E-state index in [0.717, 1.165) is 37.1 Å². The van der Waals surface area contributed by atoms with E-state index in [1.54, 1.807) is 24.3 Å². The largest absolute Gasteiger partial charge is 0.369 e. The van der Waals surface area contributed by atoms with Crippen LogP contribution in [0.2, 0.25) is 0 Å². The number of carbonyl (C=O) groups is 2. The second-order valence-corrected chi connectivity index (χ2v) is 5.19. The molecule has 1 saturated heterocycles. The average molecular weight is 275 g/mol. The lowest BCUT2D eigenvalue weighted by molar-refractivity contribution is -0.118. The highest BCUT2D eigenvalue weighted by molar-refractivity contribution is 5.94. The Labute approximate surface area is 118 Å². The minimum absolute atomic E-state index is 0.00884. The fourth-order valence-corrected chi connectivity index (χ4v) is 2.39. The van der Waals surface area contributed by atoms with Gasteiger partial charge in [0.2, 0.25) is 11.8 Å². The van der Waals surface area contributed by atoms with Crippen molar-refractivity contribution < 1.29 is 9.59 Å². The van der Waals surface area contributed by atoms with Crippen LogP contribution in [-0.2, 0) is 16.0 Å². The van der Waals surface area contributed by atoms with Gasteiger partial charge in [-0.2, -0.15) is 0 Å². The summed E-state index contributed by atoms with van der Waals surface area (Å²) in [6.07, 6.45) is 4.50. The molecule has 0 aliphatic carbocycles. The van der Waals surface area contributed by atoms with Gasteiger partial charge >= 0.3 is 0 Å². The van der Waals surface area contributed by atoms with Crippen LogP contribution in [0.3, 0.4) is 0 Å². The monoisotopic (exact) mass is 275 g/mol. The molecule has 2 amide bonds. The molecule has 1 aromatic carbocycles. The Morgan fingerprint density at radius 1 is 1.20 bits per heavy atom. The molecule has 1 unspecified atom stereocenters. The van der Waals surface area contributed by atoms with Crippen molar-refractivity contribution in [3.05, 3.63) is 29.8 Å².